The van der Waals surface area contributed by atoms with E-state index < -0.39 is 41.9 Å². The third-order valence-corrected chi connectivity index (χ3v) is 3.57. The summed E-state index contributed by atoms with van der Waals surface area (Å²) in [5.74, 6) is -3.71. The molecular formula is C16H29N3O6. The van der Waals surface area contributed by atoms with Crippen LogP contribution in [0.25, 0.3) is 0 Å². The van der Waals surface area contributed by atoms with Gasteiger partial charge in [-0.25, -0.2) is 4.79 Å². The number of rotatable bonds is 11. The lowest BCUT2D eigenvalue weighted by Crippen LogP contribution is -2.56. The minimum absolute atomic E-state index is 0.0568. The molecule has 0 saturated carbocycles. The van der Waals surface area contributed by atoms with Crippen LogP contribution in [0.3, 0.4) is 0 Å². The molecule has 0 bridgehead atoms. The number of carbonyl (C=O) groups excluding carboxylic acids is 2. The second-order valence-electron chi connectivity index (χ2n) is 6.80. The maximum Gasteiger partial charge on any atom is 0.326 e. The molecule has 0 radical (unpaired) electrons. The molecule has 0 aliphatic rings. The van der Waals surface area contributed by atoms with Crippen molar-refractivity contribution in [3.63, 3.8) is 0 Å². The lowest BCUT2D eigenvalue weighted by molar-refractivity contribution is -0.143. The van der Waals surface area contributed by atoms with Crippen molar-refractivity contribution in [2.45, 2.75) is 65.1 Å². The van der Waals surface area contributed by atoms with Crippen LogP contribution in [0, 0.1) is 11.8 Å². The standard InChI is InChI=1S/C16H29N3O6/c1-8(2)7-11(16(24)25)18-15(23)13(9(3)4)19-14(22)10(17)5-6-12(20)21/h8-11,13H,5-7,17H2,1-4H3,(H,18,23)(H,19,22)(H,20,21)(H,24,25)/t10-,11-,13-/m0/s1. The molecule has 2 amide bonds. The fraction of sp³-hybridized carbons (Fsp3) is 0.750. The summed E-state index contributed by atoms with van der Waals surface area (Å²) in [6.07, 6.45) is -0.0563. The highest BCUT2D eigenvalue weighted by atomic mass is 16.4. The van der Waals surface area contributed by atoms with Crippen LogP contribution in [0.2, 0.25) is 0 Å². The Bertz CT molecular complexity index is 492. The van der Waals surface area contributed by atoms with Gasteiger partial charge in [-0.2, -0.15) is 0 Å². The number of amides is 2. The van der Waals surface area contributed by atoms with Crippen molar-refractivity contribution in [2.24, 2.45) is 17.6 Å². The van der Waals surface area contributed by atoms with Gasteiger partial charge < -0.3 is 26.6 Å². The molecule has 0 unspecified atom stereocenters. The number of nitrogens with two attached hydrogens (primary N) is 1. The normalized spacial score (nSPS) is 14.7. The van der Waals surface area contributed by atoms with Crippen LogP contribution in [0.1, 0.15) is 47.0 Å². The quantitative estimate of drug-likeness (QED) is 0.345. The van der Waals surface area contributed by atoms with Gasteiger partial charge in [-0.1, -0.05) is 27.7 Å². The molecule has 9 nitrogen and oxygen atoms in total. The molecule has 0 spiro atoms. The molecule has 0 aromatic heterocycles. The first-order valence-corrected chi connectivity index (χ1v) is 8.26. The number of hydrogen-bond acceptors (Lipinski definition) is 5. The molecular weight excluding hydrogens is 330 g/mol. The molecule has 0 fully saturated rings. The molecule has 9 heteroatoms. The molecule has 6 N–H and O–H groups in total. The van der Waals surface area contributed by atoms with Crippen molar-refractivity contribution >= 4 is 23.8 Å². The zero-order valence-electron chi connectivity index (χ0n) is 15.1. The average molecular weight is 359 g/mol. The van der Waals surface area contributed by atoms with Crippen LogP contribution in [0.5, 0.6) is 0 Å². The maximum absolute atomic E-state index is 12.4. The third kappa shape index (κ3) is 9.04. The Kier molecular flexibility index (Phi) is 9.73. The first kappa shape index (κ1) is 22.8. The van der Waals surface area contributed by atoms with Crippen molar-refractivity contribution in [1.82, 2.24) is 10.6 Å². The fourth-order valence-corrected chi connectivity index (χ4v) is 2.16. The summed E-state index contributed by atoms with van der Waals surface area (Å²) in [6.45, 7) is 7.08. The Balaban J connectivity index is 4.91. The van der Waals surface area contributed by atoms with Crippen molar-refractivity contribution in [2.75, 3.05) is 0 Å². The van der Waals surface area contributed by atoms with Crippen LogP contribution in [-0.2, 0) is 19.2 Å². The summed E-state index contributed by atoms with van der Waals surface area (Å²) in [5.41, 5.74) is 5.63. The minimum Gasteiger partial charge on any atom is -0.481 e. The smallest absolute Gasteiger partial charge is 0.326 e. The van der Waals surface area contributed by atoms with Gasteiger partial charge in [0.15, 0.2) is 0 Å². The van der Waals surface area contributed by atoms with E-state index >= 15 is 0 Å². The van der Waals surface area contributed by atoms with Crippen molar-refractivity contribution in [3.8, 4) is 0 Å². The highest BCUT2D eigenvalue weighted by molar-refractivity contribution is 5.92. The van der Waals surface area contributed by atoms with E-state index in [9.17, 15) is 24.3 Å². The lowest BCUT2D eigenvalue weighted by Gasteiger charge is -2.25. The van der Waals surface area contributed by atoms with E-state index in [1.54, 1.807) is 13.8 Å². The van der Waals surface area contributed by atoms with Gasteiger partial charge in [0, 0.05) is 6.42 Å². The van der Waals surface area contributed by atoms with Crippen LogP contribution in [0.4, 0.5) is 0 Å². The largest absolute Gasteiger partial charge is 0.481 e. The highest BCUT2D eigenvalue weighted by Crippen LogP contribution is 2.08. The molecule has 144 valence electrons. The van der Waals surface area contributed by atoms with Crippen LogP contribution in [0.15, 0.2) is 0 Å². The van der Waals surface area contributed by atoms with E-state index in [0.717, 1.165) is 0 Å². The third-order valence-electron chi connectivity index (χ3n) is 3.57. The number of carbonyl (C=O) groups is 4. The second kappa shape index (κ2) is 10.7. The topological polar surface area (TPSA) is 159 Å². The molecule has 0 aromatic rings. The molecule has 0 saturated heterocycles. The number of carboxylic acid groups (broad SMARTS) is 2. The Labute approximate surface area is 147 Å². The van der Waals surface area contributed by atoms with Gasteiger partial charge in [-0.05, 0) is 24.7 Å². The van der Waals surface area contributed by atoms with Gasteiger partial charge in [0.05, 0.1) is 6.04 Å². The van der Waals surface area contributed by atoms with Crippen LogP contribution in [-0.4, -0.2) is 52.1 Å². The Morgan fingerprint density at radius 1 is 0.960 bits per heavy atom. The summed E-state index contributed by atoms with van der Waals surface area (Å²) in [6, 6.07) is -3.07. The number of hydrogen-bond donors (Lipinski definition) is 5. The lowest BCUT2D eigenvalue weighted by atomic mass is 10.00. The van der Waals surface area contributed by atoms with Gasteiger partial charge in [0.1, 0.15) is 12.1 Å². The maximum atomic E-state index is 12.4. The van der Waals surface area contributed by atoms with Crippen LogP contribution >= 0.6 is 0 Å². The molecule has 3 atom stereocenters. The molecule has 25 heavy (non-hydrogen) atoms. The summed E-state index contributed by atoms with van der Waals surface area (Å²) < 4.78 is 0. The van der Waals surface area contributed by atoms with Crippen LogP contribution < -0.4 is 16.4 Å². The SMILES string of the molecule is CC(C)C[C@H](NC(=O)[C@@H](NC(=O)[C@@H](N)CCC(=O)O)C(C)C)C(=O)O. The first-order valence-electron chi connectivity index (χ1n) is 8.26. The molecule has 0 aliphatic heterocycles. The second-order valence-corrected chi connectivity index (χ2v) is 6.80. The van der Waals surface area contributed by atoms with E-state index in [0.29, 0.717) is 0 Å². The summed E-state index contributed by atoms with van der Waals surface area (Å²) in [7, 11) is 0. The Morgan fingerprint density at radius 3 is 1.92 bits per heavy atom. The highest BCUT2D eigenvalue weighted by Gasteiger charge is 2.30. The summed E-state index contributed by atoms with van der Waals surface area (Å²) in [5, 5.41) is 22.7. The summed E-state index contributed by atoms with van der Waals surface area (Å²) >= 11 is 0. The van der Waals surface area contributed by atoms with Gasteiger partial charge in [0.2, 0.25) is 11.8 Å². The minimum atomic E-state index is -1.14. The monoisotopic (exact) mass is 359 g/mol. The average Bonchev–Trinajstić information content (AvgIpc) is 2.47. The van der Waals surface area contributed by atoms with E-state index in [4.69, 9.17) is 10.8 Å². The van der Waals surface area contributed by atoms with Gasteiger partial charge in [0.25, 0.3) is 0 Å². The van der Waals surface area contributed by atoms with Gasteiger partial charge in [-0.3, -0.25) is 14.4 Å². The molecule has 0 aliphatic carbocycles. The molecule has 0 heterocycles. The summed E-state index contributed by atoms with van der Waals surface area (Å²) in [4.78, 5) is 46.2. The van der Waals surface area contributed by atoms with Crippen molar-refractivity contribution < 1.29 is 29.4 Å². The van der Waals surface area contributed by atoms with Crippen molar-refractivity contribution in [3.05, 3.63) is 0 Å². The first-order chi connectivity index (χ1) is 11.5. The van der Waals surface area contributed by atoms with E-state index in [2.05, 4.69) is 10.6 Å². The number of nitrogens with one attached hydrogen (secondary N) is 2. The van der Waals surface area contributed by atoms with Crippen molar-refractivity contribution in [1.29, 1.82) is 0 Å². The van der Waals surface area contributed by atoms with Gasteiger partial charge in [-0.15, -0.1) is 0 Å². The zero-order valence-corrected chi connectivity index (χ0v) is 15.1. The molecule has 0 rings (SSSR count). The number of aliphatic carboxylic acids is 2. The van der Waals surface area contributed by atoms with E-state index in [-0.39, 0.29) is 31.1 Å². The zero-order chi connectivity index (χ0) is 19.7. The fourth-order valence-electron chi connectivity index (χ4n) is 2.16. The molecule has 0 aromatic carbocycles. The number of carboxylic acids is 2. The predicted molar refractivity (Wildman–Crippen MR) is 90.6 cm³/mol. The van der Waals surface area contributed by atoms with E-state index in [1.165, 1.54) is 0 Å². The van der Waals surface area contributed by atoms with E-state index in [1.807, 2.05) is 13.8 Å². The Morgan fingerprint density at radius 2 is 1.52 bits per heavy atom. The Hall–Kier alpha value is -2.16. The van der Waals surface area contributed by atoms with Gasteiger partial charge >= 0.3 is 11.9 Å². The predicted octanol–water partition coefficient (Wildman–Crippen LogP) is -0.0652.